The molecule has 0 unspecified atom stereocenters. The maximum absolute atomic E-state index is 14.0. The summed E-state index contributed by atoms with van der Waals surface area (Å²) >= 11 is 6.29. The molecule has 0 radical (unpaired) electrons. The Morgan fingerprint density at radius 1 is 1.02 bits per heavy atom. The minimum Gasteiger partial charge on any atom is -0.495 e. The highest BCUT2D eigenvalue weighted by Gasteiger charge is 2.41. The fourth-order valence-electron chi connectivity index (χ4n) is 4.65. The molecule has 0 aliphatic carbocycles. The Balaban J connectivity index is 1.89. The average molecular weight is 625 g/mol. The van der Waals surface area contributed by atoms with Crippen LogP contribution in [-0.2, 0) is 25.7 Å². The molecule has 0 spiro atoms. The van der Waals surface area contributed by atoms with Crippen LogP contribution in [-0.4, -0.2) is 52.1 Å². The van der Waals surface area contributed by atoms with Crippen LogP contribution in [0.15, 0.2) is 65.6 Å². The summed E-state index contributed by atoms with van der Waals surface area (Å²) in [5.74, 6) is -0.854. The van der Waals surface area contributed by atoms with Crippen molar-refractivity contribution < 1.29 is 40.7 Å². The molecule has 3 aromatic carbocycles. The van der Waals surface area contributed by atoms with E-state index in [9.17, 15) is 31.2 Å². The SMILES string of the molecule is CCOC(=O)C(C)(C)CN1CN(S(=O)(=O)c2cccc(C(F)(F)F)c2)c2cc(-c3cccc(Cl)c3OC)ccc2C1=O. The van der Waals surface area contributed by atoms with Crippen molar-refractivity contribution in [1.29, 1.82) is 0 Å². The van der Waals surface area contributed by atoms with Crippen molar-refractivity contribution in [1.82, 2.24) is 4.90 Å². The number of alkyl halides is 3. The topological polar surface area (TPSA) is 93.2 Å². The third-order valence-electron chi connectivity index (χ3n) is 6.73. The molecule has 0 saturated carbocycles. The summed E-state index contributed by atoms with van der Waals surface area (Å²) in [5, 5.41) is 0.296. The normalized spacial score (nSPS) is 14.0. The first kappa shape index (κ1) is 31.2. The third-order valence-corrected chi connectivity index (χ3v) is 8.77. The Morgan fingerprint density at radius 2 is 1.71 bits per heavy atom. The summed E-state index contributed by atoms with van der Waals surface area (Å²) < 4.78 is 79.9. The molecule has 8 nitrogen and oxygen atoms in total. The van der Waals surface area contributed by atoms with Crippen LogP contribution < -0.4 is 9.04 Å². The fraction of sp³-hybridized carbons (Fsp3) is 0.310. The molecule has 3 aromatic rings. The van der Waals surface area contributed by atoms with E-state index in [2.05, 4.69) is 0 Å². The second-order valence-corrected chi connectivity index (χ2v) is 12.5. The molecular formula is C29H28ClF3N2O6S. The molecule has 0 fully saturated rings. The van der Waals surface area contributed by atoms with Gasteiger partial charge in [-0.3, -0.25) is 9.59 Å². The summed E-state index contributed by atoms with van der Waals surface area (Å²) in [6, 6.07) is 12.8. The first-order valence-corrected chi connectivity index (χ1v) is 14.6. The summed E-state index contributed by atoms with van der Waals surface area (Å²) in [4.78, 5) is 26.8. The van der Waals surface area contributed by atoms with E-state index in [1.165, 1.54) is 19.2 Å². The maximum atomic E-state index is 14.0. The monoisotopic (exact) mass is 624 g/mol. The molecule has 0 N–H and O–H groups in total. The van der Waals surface area contributed by atoms with Gasteiger partial charge in [0, 0.05) is 12.1 Å². The van der Waals surface area contributed by atoms with E-state index in [0.29, 0.717) is 28.0 Å². The van der Waals surface area contributed by atoms with Gasteiger partial charge in [0.15, 0.2) is 0 Å². The van der Waals surface area contributed by atoms with Gasteiger partial charge in [-0.2, -0.15) is 13.2 Å². The standard InChI is InChI=1S/C29H28ClF3N2O6S/c1-5-41-27(37)28(2,3)16-34-17-35(42(38,39)20-9-6-8-19(15-20)29(31,32)33)24-14-18(12-13-22(24)26(34)36)21-10-7-11-23(30)25(21)40-4/h6-15H,5,16-17H2,1-4H3. The zero-order valence-electron chi connectivity index (χ0n) is 23.2. The van der Waals surface area contributed by atoms with Crippen LogP contribution in [0.25, 0.3) is 11.1 Å². The molecule has 42 heavy (non-hydrogen) atoms. The van der Waals surface area contributed by atoms with E-state index in [1.807, 2.05) is 0 Å². The number of anilines is 1. The number of amides is 1. The maximum Gasteiger partial charge on any atom is 0.416 e. The number of rotatable bonds is 8. The minimum atomic E-state index is -4.78. The van der Waals surface area contributed by atoms with Gasteiger partial charge in [-0.05, 0) is 62.7 Å². The van der Waals surface area contributed by atoms with Gasteiger partial charge in [-0.15, -0.1) is 0 Å². The second-order valence-electron chi connectivity index (χ2n) is 10.2. The van der Waals surface area contributed by atoms with Crippen molar-refractivity contribution >= 4 is 39.2 Å². The number of halogens is 4. The van der Waals surface area contributed by atoms with Crippen LogP contribution in [0.1, 0.15) is 36.7 Å². The summed E-state index contributed by atoms with van der Waals surface area (Å²) in [6.07, 6.45) is -4.78. The molecule has 1 aliphatic rings. The predicted molar refractivity (Wildman–Crippen MR) is 151 cm³/mol. The van der Waals surface area contributed by atoms with Crippen molar-refractivity contribution in [3.8, 4) is 16.9 Å². The number of nitrogens with zero attached hydrogens (tertiary/aromatic N) is 2. The molecular weight excluding hydrogens is 597 g/mol. The van der Waals surface area contributed by atoms with Crippen LogP contribution >= 0.6 is 11.6 Å². The lowest BCUT2D eigenvalue weighted by Gasteiger charge is -2.40. The molecule has 13 heteroatoms. The van der Waals surface area contributed by atoms with E-state index in [4.69, 9.17) is 21.1 Å². The number of para-hydroxylation sites is 1. The predicted octanol–water partition coefficient (Wildman–Crippen LogP) is 6.23. The Bertz CT molecular complexity index is 1640. The van der Waals surface area contributed by atoms with E-state index in [-0.39, 0.29) is 24.4 Å². The van der Waals surface area contributed by atoms with Gasteiger partial charge >= 0.3 is 12.1 Å². The molecule has 0 saturated heterocycles. The lowest BCUT2D eigenvalue weighted by atomic mass is 9.92. The van der Waals surface area contributed by atoms with Gasteiger partial charge in [0.05, 0.1) is 45.9 Å². The van der Waals surface area contributed by atoms with Crippen LogP contribution in [0, 0.1) is 5.41 Å². The van der Waals surface area contributed by atoms with Crippen molar-refractivity contribution in [3.63, 3.8) is 0 Å². The molecule has 0 aromatic heterocycles. The number of hydrogen-bond acceptors (Lipinski definition) is 6. The Morgan fingerprint density at radius 3 is 2.36 bits per heavy atom. The molecule has 4 rings (SSSR count). The molecule has 224 valence electrons. The number of esters is 1. The first-order valence-electron chi connectivity index (χ1n) is 12.7. The van der Waals surface area contributed by atoms with Crippen LogP contribution in [0.3, 0.4) is 0 Å². The quantitative estimate of drug-likeness (QED) is 0.276. The second kappa shape index (κ2) is 11.5. The largest absolute Gasteiger partial charge is 0.495 e. The number of sulfonamides is 1. The lowest BCUT2D eigenvalue weighted by Crippen LogP contribution is -2.53. The molecule has 0 atom stereocenters. The van der Waals surface area contributed by atoms with E-state index in [0.717, 1.165) is 27.4 Å². The minimum absolute atomic E-state index is 0.0267. The smallest absolute Gasteiger partial charge is 0.416 e. The summed E-state index contributed by atoms with van der Waals surface area (Å²) in [5.41, 5.74) is -1.49. The highest BCUT2D eigenvalue weighted by atomic mass is 35.5. The van der Waals surface area contributed by atoms with Gasteiger partial charge < -0.3 is 14.4 Å². The van der Waals surface area contributed by atoms with Crippen molar-refractivity contribution in [3.05, 3.63) is 76.8 Å². The van der Waals surface area contributed by atoms with Gasteiger partial charge in [0.2, 0.25) is 0 Å². The molecule has 1 aliphatic heterocycles. The number of benzene rings is 3. The summed E-state index contributed by atoms with van der Waals surface area (Å²) in [7, 11) is -3.24. The van der Waals surface area contributed by atoms with Crippen LogP contribution in [0.2, 0.25) is 5.02 Å². The number of hydrogen-bond donors (Lipinski definition) is 0. The Hall–Kier alpha value is -3.77. The molecule has 0 bridgehead atoms. The highest BCUT2D eigenvalue weighted by Crippen LogP contribution is 2.41. The van der Waals surface area contributed by atoms with Gasteiger partial charge in [0.25, 0.3) is 15.9 Å². The van der Waals surface area contributed by atoms with E-state index >= 15 is 0 Å². The van der Waals surface area contributed by atoms with E-state index in [1.54, 1.807) is 45.0 Å². The zero-order valence-corrected chi connectivity index (χ0v) is 24.7. The van der Waals surface area contributed by atoms with Gasteiger partial charge in [-0.1, -0.05) is 35.9 Å². The number of carbonyl (C=O) groups is 2. The van der Waals surface area contributed by atoms with E-state index < -0.39 is 50.6 Å². The number of carbonyl (C=O) groups excluding carboxylic acids is 2. The molecule has 1 heterocycles. The highest BCUT2D eigenvalue weighted by molar-refractivity contribution is 7.92. The van der Waals surface area contributed by atoms with Gasteiger partial charge in [0.1, 0.15) is 12.4 Å². The van der Waals surface area contributed by atoms with Crippen LogP contribution in [0.5, 0.6) is 5.75 Å². The Labute approximate surface area is 246 Å². The third kappa shape index (κ3) is 5.91. The van der Waals surface area contributed by atoms with Crippen LogP contribution in [0.4, 0.5) is 18.9 Å². The average Bonchev–Trinajstić information content (AvgIpc) is 2.93. The number of fused-ring (bicyclic) bond motifs is 1. The van der Waals surface area contributed by atoms with Crippen molar-refractivity contribution in [2.24, 2.45) is 5.41 Å². The first-order chi connectivity index (χ1) is 19.6. The number of methoxy groups -OCH3 is 1. The Kier molecular flexibility index (Phi) is 8.52. The zero-order chi connectivity index (χ0) is 31.0. The van der Waals surface area contributed by atoms with Gasteiger partial charge in [-0.25, -0.2) is 12.7 Å². The molecule has 1 amide bonds. The number of ether oxygens (including phenoxy) is 2. The van der Waals surface area contributed by atoms with Crippen molar-refractivity contribution in [2.75, 3.05) is 31.2 Å². The lowest BCUT2D eigenvalue weighted by molar-refractivity contribution is -0.154. The van der Waals surface area contributed by atoms with Crippen molar-refractivity contribution in [2.45, 2.75) is 31.8 Å². The fourth-order valence-corrected chi connectivity index (χ4v) is 6.39. The summed E-state index contributed by atoms with van der Waals surface area (Å²) in [6.45, 7) is 4.05.